The van der Waals surface area contributed by atoms with E-state index >= 15 is 0 Å². The predicted molar refractivity (Wildman–Crippen MR) is 80.2 cm³/mol. The number of ether oxygens (including phenoxy) is 1. The number of phenolic OH excluding ortho intramolecular Hbond substituents is 1. The largest absolute Gasteiger partial charge is 0.507 e. The molecular weight excluding hydrogens is 271 g/mol. The maximum absolute atomic E-state index is 14.7. The van der Waals surface area contributed by atoms with E-state index in [1.807, 2.05) is 6.20 Å². The zero-order valence-corrected chi connectivity index (χ0v) is 11.9. The second-order valence-electron chi connectivity index (χ2n) is 5.59. The van der Waals surface area contributed by atoms with E-state index in [2.05, 4.69) is 4.98 Å². The number of hydrogen-bond donors (Lipinski definition) is 3. The summed E-state index contributed by atoms with van der Waals surface area (Å²) in [4.78, 5) is 3.09. The minimum atomic E-state index is -1.30. The molecule has 4 N–H and O–H groups in total. The number of nitrogens with one attached hydrogen (secondary N) is 1. The standard InChI is InChI=1S/C16H21FN2O2/c17-15(13-3-1-2-8-21-13)11-4-5-12-14(16(11)20)10(6-7-18)9-19-12/h4-5,9,13,15,19-20H,1-3,6-8,18H2. The Morgan fingerprint density at radius 3 is 3.00 bits per heavy atom. The van der Waals surface area contributed by atoms with Gasteiger partial charge < -0.3 is 20.6 Å². The summed E-state index contributed by atoms with van der Waals surface area (Å²) >= 11 is 0. The normalized spacial score (nSPS) is 20.8. The lowest BCUT2D eigenvalue weighted by Crippen LogP contribution is -2.24. The van der Waals surface area contributed by atoms with E-state index in [-0.39, 0.29) is 5.75 Å². The summed E-state index contributed by atoms with van der Waals surface area (Å²) in [6.07, 6.45) is 3.36. The number of phenols is 1. The first kappa shape index (κ1) is 14.4. The van der Waals surface area contributed by atoms with E-state index in [9.17, 15) is 9.50 Å². The molecule has 0 aliphatic carbocycles. The van der Waals surface area contributed by atoms with Crippen LogP contribution in [-0.2, 0) is 11.2 Å². The average Bonchev–Trinajstić information content (AvgIpc) is 2.92. The Morgan fingerprint density at radius 1 is 1.43 bits per heavy atom. The molecular formula is C16H21FN2O2. The maximum atomic E-state index is 14.7. The molecule has 1 fully saturated rings. The predicted octanol–water partition coefficient (Wildman–Crippen LogP) is 2.95. The van der Waals surface area contributed by atoms with Crippen molar-refractivity contribution >= 4 is 10.9 Å². The Hall–Kier alpha value is -1.59. The van der Waals surface area contributed by atoms with Gasteiger partial charge in [0.25, 0.3) is 0 Å². The summed E-state index contributed by atoms with van der Waals surface area (Å²) in [6, 6.07) is 3.45. The highest BCUT2D eigenvalue weighted by Gasteiger charge is 2.28. The first-order valence-electron chi connectivity index (χ1n) is 7.50. The van der Waals surface area contributed by atoms with Crippen LogP contribution < -0.4 is 5.73 Å². The smallest absolute Gasteiger partial charge is 0.155 e. The summed E-state index contributed by atoms with van der Waals surface area (Å²) in [5.41, 5.74) is 7.62. The van der Waals surface area contributed by atoms with Crippen LogP contribution in [0.5, 0.6) is 5.75 Å². The zero-order chi connectivity index (χ0) is 14.8. The number of nitrogens with two attached hydrogens (primary N) is 1. The third-order valence-corrected chi connectivity index (χ3v) is 4.18. The molecule has 1 aromatic carbocycles. The Labute approximate surface area is 123 Å². The van der Waals surface area contributed by atoms with E-state index < -0.39 is 12.3 Å². The first-order valence-corrected chi connectivity index (χ1v) is 7.50. The third kappa shape index (κ3) is 2.63. The van der Waals surface area contributed by atoms with Crippen LogP contribution in [-0.4, -0.2) is 29.3 Å². The molecule has 0 amide bonds. The molecule has 2 unspecified atom stereocenters. The van der Waals surface area contributed by atoms with E-state index in [0.717, 1.165) is 23.9 Å². The molecule has 0 bridgehead atoms. The summed E-state index contributed by atoms with van der Waals surface area (Å²) in [7, 11) is 0. The number of alkyl halides is 1. The van der Waals surface area contributed by atoms with Crippen LogP contribution in [0.4, 0.5) is 4.39 Å². The number of fused-ring (bicyclic) bond motifs is 1. The van der Waals surface area contributed by atoms with Crippen molar-refractivity contribution in [3.63, 3.8) is 0 Å². The van der Waals surface area contributed by atoms with Crippen molar-refractivity contribution in [3.05, 3.63) is 29.5 Å². The number of benzene rings is 1. The lowest BCUT2D eigenvalue weighted by atomic mass is 9.96. The zero-order valence-electron chi connectivity index (χ0n) is 11.9. The van der Waals surface area contributed by atoms with Gasteiger partial charge in [-0.3, -0.25) is 0 Å². The quantitative estimate of drug-likeness (QED) is 0.811. The number of aromatic hydroxyl groups is 1. The second kappa shape index (κ2) is 6.03. The first-order chi connectivity index (χ1) is 10.2. The van der Waals surface area contributed by atoms with Crippen LogP contribution in [0, 0.1) is 0 Å². The minimum absolute atomic E-state index is 0.0128. The van der Waals surface area contributed by atoms with Crippen molar-refractivity contribution in [2.24, 2.45) is 5.73 Å². The fourth-order valence-corrected chi connectivity index (χ4v) is 3.06. The van der Waals surface area contributed by atoms with Crippen LogP contribution in [0.15, 0.2) is 18.3 Å². The number of H-pyrrole nitrogens is 1. The van der Waals surface area contributed by atoms with Gasteiger partial charge in [0.2, 0.25) is 0 Å². The highest BCUT2D eigenvalue weighted by molar-refractivity contribution is 5.90. The molecule has 1 aliphatic rings. The van der Waals surface area contributed by atoms with Gasteiger partial charge in [0.15, 0.2) is 6.17 Å². The van der Waals surface area contributed by atoms with E-state index in [1.165, 1.54) is 0 Å². The van der Waals surface area contributed by atoms with Crippen LogP contribution >= 0.6 is 0 Å². The van der Waals surface area contributed by atoms with Gasteiger partial charge in [-0.25, -0.2) is 4.39 Å². The van der Waals surface area contributed by atoms with Crippen molar-refractivity contribution in [1.82, 2.24) is 4.98 Å². The summed E-state index contributed by atoms with van der Waals surface area (Å²) in [5, 5.41) is 11.2. The minimum Gasteiger partial charge on any atom is -0.507 e. The van der Waals surface area contributed by atoms with Crippen molar-refractivity contribution in [2.45, 2.75) is 38.0 Å². The number of aromatic nitrogens is 1. The molecule has 3 rings (SSSR count). The molecule has 1 saturated heterocycles. The lowest BCUT2D eigenvalue weighted by Gasteiger charge is -2.26. The van der Waals surface area contributed by atoms with Gasteiger partial charge in [-0.2, -0.15) is 0 Å². The van der Waals surface area contributed by atoms with E-state index in [0.29, 0.717) is 36.9 Å². The number of aromatic amines is 1. The maximum Gasteiger partial charge on any atom is 0.155 e. The van der Waals surface area contributed by atoms with Gasteiger partial charge in [0, 0.05) is 29.3 Å². The molecule has 0 radical (unpaired) electrons. The van der Waals surface area contributed by atoms with Crippen molar-refractivity contribution < 1.29 is 14.2 Å². The lowest BCUT2D eigenvalue weighted by molar-refractivity contribution is -0.0336. The topological polar surface area (TPSA) is 71.3 Å². The van der Waals surface area contributed by atoms with Crippen molar-refractivity contribution in [2.75, 3.05) is 13.2 Å². The molecule has 1 aromatic heterocycles. The van der Waals surface area contributed by atoms with Crippen LogP contribution in [0.1, 0.15) is 36.6 Å². The molecule has 1 aliphatic heterocycles. The average molecular weight is 292 g/mol. The molecule has 2 aromatic rings. The Morgan fingerprint density at radius 2 is 2.29 bits per heavy atom. The van der Waals surface area contributed by atoms with Crippen LogP contribution in [0.25, 0.3) is 10.9 Å². The molecule has 5 heteroatoms. The van der Waals surface area contributed by atoms with Gasteiger partial charge in [0.1, 0.15) is 5.75 Å². The molecule has 4 nitrogen and oxygen atoms in total. The fraction of sp³-hybridized carbons (Fsp3) is 0.500. The van der Waals surface area contributed by atoms with Crippen molar-refractivity contribution in [3.8, 4) is 5.75 Å². The van der Waals surface area contributed by atoms with Crippen molar-refractivity contribution in [1.29, 1.82) is 0 Å². The molecule has 0 spiro atoms. The second-order valence-corrected chi connectivity index (χ2v) is 5.59. The van der Waals surface area contributed by atoms with Gasteiger partial charge in [-0.05, 0) is 43.9 Å². The molecule has 2 heterocycles. The van der Waals surface area contributed by atoms with Crippen LogP contribution in [0.2, 0.25) is 0 Å². The number of rotatable bonds is 4. The number of hydrogen-bond acceptors (Lipinski definition) is 3. The van der Waals surface area contributed by atoms with Gasteiger partial charge in [0.05, 0.1) is 6.10 Å². The molecule has 21 heavy (non-hydrogen) atoms. The molecule has 114 valence electrons. The van der Waals surface area contributed by atoms with Gasteiger partial charge >= 0.3 is 0 Å². The highest BCUT2D eigenvalue weighted by atomic mass is 19.1. The van der Waals surface area contributed by atoms with Gasteiger partial charge in [-0.15, -0.1) is 0 Å². The summed E-state index contributed by atoms with van der Waals surface area (Å²) < 4.78 is 20.2. The fourth-order valence-electron chi connectivity index (χ4n) is 3.06. The highest BCUT2D eigenvalue weighted by Crippen LogP contribution is 2.39. The van der Waals surface area contributed by atoms with Crippen LogP contribution in [0.3, 0.4) is 0 Å². The SMILES string of the molecule is NCCc1c[nH]c2ccc(C(F)C3CCCCO3)c(O)c12. The Bertz CT molecular complexity index is 620. The molecule has 2 atom stereocenters. The summed E-state index contributed by atoms with van der Waals surface area (Å²) in [5.74, 6) is 0.0128. The third-order valence-electron chi connectivity index (χ3n) is 4.18. The van der Waals surface area contributed by atoms with Gasteiger partial charge in [-0.1, -0.05) is 6.07 Å². The van der Waals surface area contributed by atoms with E-state index in [4.69, 9.17) is 10.5 Å². The Kier molecular flexibility index (Phi) is 4.12. The molecule has 0 saturated carbocycles. The van der Waals surface area contributed by atoms with E-state index in [1.54, 1.807) is 12.1 Å². The Balaban J connectivity index is 1.98. The summed E-state index contributed by atoms with van der Waals surface area (Å²) in [6.45, 7) is 1.08. The number of halogens is 1. The monoisotopic (exact) mass is 292 g/mol.